The molecule has 0 saturated carbocycles. The Hall–Kier alpha value is -1.72. The number of carbonyl (C=O) groups is 1. The molecule has 1 aromatic rings. The molecule has 0 aliphatic heterocycles. The van der Waals surface area contributed by atoms with Crippen LogP contribution in [0.15, 0.2) is 11.4 Å². The summed E-state index contributed by atoms with van der Waals surface area (Å²) in [6.45, 7) is 0. The van der Waals surface area contributed by atoms with Crippen LogP contribution in [0, 0.1) is 4.91 Å². The van der Waals surface area contributed by atoms with Gasteiger partial charge >= 0.3 is 5.97 Å². The van der Waals surface area contributed by atoms with E-state index in [1.165, 1.54) is 17.9 Å². The zero-order chi connectivity index (χ0) is 9.14. The molecule has 0 N–H and O–H groups in total. The molecule has 0 spiro atoms. The molecule has 0 unspecified atom stereocenters. The van der Waals surface area contributed by atoms with Crippen LogP contribution in [-0.4, -0.2) is 22.6 Å². The fourth-order valence-corrected chi connectivity index (χ4v) is 0.775. The van der Waals surface area contributed by atoms with Crippen LogP contribution < -0.4 is 0 Å². The van der Waals surface area contributed by atoms with Crippen LogP contribution in [-0.2, 0) is 11.8 Å². The summed E-state index contributed by atoms with van der Waals surface area (Å²) in [6, 6.07) is 0. The first kappa shape index (κ1) is 8.38. The molecule has 12 heavy (non-hydrogen) atoms. The van der Waals surface area contributed by atoms with Crippen molar-refractivity contribution >= 4 is 11.8 Å². The van der Waals surface area contributed by atoms with E-state index in [4.69, 9.17) is 0 Å². The van der Waals surface area contributed by atoms with Gasteiger partial charge in [-0.3, -0.25) is 0 Å². The Morgan fingerprint density at radius 3 is 2.83 bits per heavy atom. The van der Waals surface area contributed by atoms with E-state index in [1.54, 1.807) is 7.05 Å². The lowest BCUT2D eigenvalue weighted by Gasteiger charge is -1.96. The van der Waals surface area contributed by atoms with Crippen LogP contribution >= 0.6 is 0 Å². The van der Waals surface area contributed by atoms with E-state index >= 15 is 0 Å². The summed E-state index contributed by atoms with van der Waals surface area (Å²) in [5.41, 5.74) is 0. The number of imidazole rings is 1. The van der Waals surface area contributed by atoms with Crippen LogP contribution in [0.3, 0.4) is 0 Å². The SMILES string of the molecule is COC(=O)c1nc(N=O)cn1C. The lowest BCUT2D eigenvalue weighted by atomic mass is 10.6. The van der Waals surface area contributed by atoms with Gasteiger partial charge in [-0.25, -0.2) is 4.79 Å². The second kappa shape index (κ2) is 3.12. The molecule has 0 aliphatic rings. The number of nitroso groups, excluding NO2 is 1. The third-order valence-electron chi connectivity index (χ3n) is 1.33. The Morgan fingerprint density at radius 2 is 2.42 bits per heavy atom. The van der Waals surface area contributed by atoms with Crippen LogP contribution in [0.2, 0.25) is 0 Å². The van der Waals surface area contributed by atoms with Gasteiger partial charge in [0.15, 0.2) is 0 Å². The van der Waals surface area contributed by atoms with Crippen LogP contribution in [0.4, 0.5) is 5.82 Å². The number of hydrogen-bond acceptors (Lipinski definition) is 5. The van der Waals surface area contributed by atoms with E-state index in [-0.39, 0.29) is 11.6 Å². The Kier molecular flexibility index (Phi) is 2.18. The number of ether oxygens (including phenoxy) is 1. The smallest absolute Gasteiger partial charge is 0.374 e. The fourth-order valence-electron chi connectivity index (χ4n) is 0.775. The summed E-state index contributed by atoms with van der Waals surface area (Å²) in [4.78, 5) is 24.5. The molecule has 1 heterocycles. The van der Waals surface area contributed by atoms with Gasteiger partial charge in [0.2, 0.25) is 11.6 Å². The molecule has 1 rings (SSSR count). The lowest BCUT2D eigenvalue weighted by Crippen LogP contribution is -2.08. The third kappa shape index (κ3) is 1.31. The molecular weight excluding hydrogens is 162 g/mol. The van der Waals surface area contributed by atoms with Crippen molar-refractivity contribution in [2.24, 2.45) is 12.2 Å². The summed E-state index contributed by atoms with van der Waals surface area (Å²) in [5.74, 6) is -0.558. The topological polar surface area (TPSA) is 73.6 Å². The van der Waals surface area contributed by atoms with Crippen LogP contribution in [0.25, 0.3) is 0 Å². The Bertz CT molecular complexity index is 318. The molecule has 1 aromatic heterocycles. The highest BCUT2D eigenvalue weighted by atomic mass is 16.5. The molecule has 0 bridgehead atoms. The lowest BCUT2D eigenvalue weighted by molar-refractivity contribution is 0.0583. The van der Waals surface area contributed by atoms with Crippen molar-refractivity contribution in [3.8, 4) is 0 Å². The van der Waals surface area contributed by atoms with E-state index in [0.717, 1.165) is 0 Å². The minimum atomic E-state index is -0.590. The third-order valence-corrected chi connectivity index (χ3v) is 1.33. The largest absolute Gasteiger partial charge is 0.463 e. The highest BCUT2D eigenvalue weighted by Crippen LogP contribution is 2.10. The Labute approximate surface area is 68.1 Å². The van der Waals surface area contributed by atoms with Gasteiger partial charge in [-0.1, -0.05) is 0 Å². The monoisotopic (exact) mass is 169 g/mol. The number of methoxy groups -OCH3 is 1. The zero-order valence-corrected chi connectivity index (χ0v) is 6.64. The maximum atomic E-state index is 10.9. The predicted octanol–water partition coefficient (Wildman–Crippen LogP) is 0.605. The molecule has 0 aromatic carbocycles. The summed E-state index contributed by atoms with van der Waals surface area (Å²) >= 11 is 0. The molecule has 6 heteroatoms. The quantitative estimate of drug-likeness (QED) is 0.480. The van der Waals surface area contributed by atoms with Gasteiger partial charge < -0.3 is 9.30 Å². The molecule has 0 aliphatic carbocycles. The Morgan fingerprint density at radius 1 is 1.75 bits per heavy atom. The van der Waals surface area contributed by atoms with Gasteiger partial charge in [-0.2, -0.15) is 4.98 Å². The van der Waals surface area contributed by atoms with Crippen molar-refractivity contribution in [3.05, 3.63) is 16.9 Å². The van der Waals surface area contributed by atoms with Gasteiger partial charge in [0.05, 0.1) is 13.3 Å². The molecule has 0 saturated heterocycles. The van der Waals surface area contributed by atoms with E-state index in [1.807, 2.05) is 0 Å². The van der Waals surface area contributed by atoms with E-state index in [0.29, 0.717) is 0 Å². The van der Waals surface area contributed by atoms with E-state index in [2.05, 4.69) is 14.9 Å². The highest BCUT2D eigenvalue weighted by Gasteiger charge is 2.13. The first-order chi connectivity index (χ1) is 5.69. The maximum absolute atomic E-state index is 10.9. The second-order valence-corrected chi connectivity index (χ2v) is 2.12. The first-order valence-corrected chi connectivity index (χ1v) is 3.14. The number of esters is 1. The van der Waals surface area contributed by atoms with Crippen LogP contribution in [0.5, 0.6) is 0 Å². The molecule has 0 atom stereocenters. The second-order valence-electron chi connectivity index (χ2n) is 2.12. The maximum Gasteiger partial charge on any atom is 0.374 e. The van der Waals surface area contributed by atoms with Crippen molar-refractivity contribution in [1.82, 2.24) is 9.55 Å². The normalized spacial score (nSPS) is 9.50. The molecule has 0 amide bonds. The van der Waals surface area contributed by atoms with Crippen molar-refractivity contribution in [2.45, 2.75) is 0 Å². The molecule has 0 radical (unpaired) electrons. The number of aromatic nitrogens is 2. The standard InChI is InChI=1S/C6H7N3O3/c1-9-3-4(8-11)7-5(9)6(10)12-2/h3H,1-2H3. The zero-order valence-electron chi connectivity index (χ0n) is 6.64. The van der Waals surface area contributed by atoms with Crippen molar-refractivity contribution in [3.63, 3.8) is 0 Å². The predicted molar refractivity (Wildman–Crippen MR) is 40.0 cm³/mol. The van der Waals surface area contributed by atoms with E-state index < -0.39 is 5.97 Å². The number of carbonyl (C=O) groups excluding carboxylic acids is 1. The fraction of sp³-hybridized carbons (Fsp3) is 0.333. The van der Waals surface area contributed by atoms with Crippen LogP contribution in [0.1, 0.15) is 10.6 Å². The Balaban J connectivity index is 3.07. The van der Waals surface area contributed by atoms with Crippen molar-refractivity contribution < 1.29 is 9.53 Å². The van der Waals surface area contributed by atoms with Gasteiger partial charge in [0.25, 0.3) is 0 Å². The van der Waals surface area contributed by atoms with Crippen molar-refractivity contribution in [2.75, 3.05) is 7.11 Å². The van der Waals surface area contributed by atoms with Gasteiger partial charge in [0, 0.05) is 7.05 Å². The minimum Gasteiger partial charge on any atom is -0.463 e. The summed E-state index contributed by atoms with van der Waals surface area (Å²) < 4.78 is 5.79. The number of nitrogens with zero attached hydrogens (tertiary/aromatic N) is 3. The average Bonchev–Trinajstić information content (AvgIpc) is 2.45. The molecule has 6 nitrogen and oxygen atoms in total. The summed E-state index contributed by atoms with van der Waals surface area (Å²) in [7, 11) is 2.82. The highest BCUT2D eigenvalue weighted by molar-refractivity contribution is 5.85. The number of hydrogen-bond donors (Lipinski definition) is 0. The van der Waals surface area contributed by atoms with Crippen molar-refractivity contribution in [1.29, 1.82) is 0 Å². The summed E-state index contributed by atoms with van der Waals surface area (Å²) in [5, 5.41) is 2.58. The molecule has 64 valence electrons. The summed E-state index contributed by atoms with van der Waals surface area (Å²) in [6.07, 6.45) is 1.35. The molecule has 0 fully saturated rings. The van der Waals surface area contributed by atoms with E-state index in [9.17, 15) is 9.70 Å². The van der Waals surface area contributed by atoms with Gasteiger partial charge in [-0.15, -0.1) is 4.91 Å². The molecular formula is C6H7N3O3. The number of aryl methyl sites for hydroxylation is 1. The first-order valence-electron chi connectivity index (χ1n) is 3.14. The minimum absolute atomic E-state index is 0.0297. The van der Waals surface area contributed by atoms with Gasteiger partial charge in [0.1, 0.15) is 0 Å². The number of rotatable bonds is 2. The average molecular weight is 169 g/mol. The van der Waals surface area contributed by atoms with Gasteiger partial charge in [-0.05, 0) is 5.18 Å².